The maximum absolute atomic E-state index is 12.4. The number of nitrogens with zero attached hydrogens (tertiary/aromatic N) is 1. The van der Waals surface area contributed by atoms with E-state index in [1.54, 1.807) is 12.1 Å². The summed E-state index contributed by atoms with van der Waals surface area (Å²) in [4.78, 5) is 38.1. The van der Waals surface area contributed by atoms with E-state index >= 15 is 0 Å². The van der Waals surface area contributed by atoms with Crippen LogP contribution in [0, 0.1) is 13.8 Å². The van der Waals surface area contributed by atoms with Crippen LogP contribution in [-0.2, 0) is 19.1 Å². The van der Waals surface area contributed by atoms with Gasteiger partial charge in [0, 0.05) is 12.2 Å². The van der Waals surface area contributed by atoms with Crippen LogP contribution >= 0.6 is 0 Å². The second kappa shape index (κ2) is 11.6. The minimum absolute atomic E-state index is 0.113. The average Bonchev–Trinajstić information content (AvgIpc) is 2.72. The zero-order valence-corrected chi connectivity index (χ0v) is 17.6. The highest BCUT2D eigenvalue weighted by Gasteiger charge is 2.19. The number of nitrogens with one attached hydrogen (secondary N) is 1. The van der Waals surface area contributed by atoms with E-state index in [4.69, 9.17) is 9.47 Å². The minimum Gasteiger partial charge on any atom is -0.482 e. The van der Waals surface area contributed by atoms with Crippen molar-refractivity contribution < 1.29 is 23.9 Å². The Bertz CT molecular complexity index is 881. The molecule has 160 valence electrons. The summed E-state index contributed by atoms with van der Waals surface area (Å²) in [5, 5.41) is 2.80. The Morgan fingerprint density at radius 2 is 1.60 bits per heavy atom. The molecule has 0 unspecified atom stereocenters. The Morgan fingerprint density at radius 3 is 2.27 bits per heavy atom. The normalized spacial score (nSPS) is 10.2. The lowest BCUT2D eigenvalue weighted by Gasteiger charge is -2.21. The summed E-state index contributed by atoms with van der Waals surface area (Å²) >= 11 is 0. The summed E-state index contributed by atoms with van der Waals surface area (Å²) in [6, 6.07) is 14.7. The predicted octanol–water partition coefficient (Wildman–Crippen LogP) is 3.10. The number of amides is 2. The second-order valence-electron chi connectivity index (χ2n) is 6.89. The minimum atomic E-state index is -0.646. The zero-order chi connectivity index (χ0) is 21.9. The third-order valence-corrected chi connectivity index (χ3v) is 4.40. The van der Waals surface area contributed by atoms with Crippen molar-refractivity contribution in [3.63, 3.8) is 0 Å². The number of hydrogen-bond donors (Lipinski definition) is 1. The van der Waals surface area contributed by atoms with Crippen LogP contribution in [0.15, 0.2) is 48.5 Å². The van der Waals surface area contributed by atoms with Crippen molar-refractivity contribution in [3.05, 3.63) is 59.7 Å². The van der Waals surface area contributed by atoms with Crippen LogP contribution < -0.4 is 10.1 Å². The molecule has 0 bridgehead atoms. The van der Waals surface area contributed by atoms with E-state index in [0.717, 1.165) is 11.1 Å². The molecule has 0 aliphatic heterocycles. The number of ether oxygens (including phenoxy) is 2. The van der Waals surface area contributed by atoms with E-state index < -0.39 is 18.5 Å². The SMILES string of the molecule is CCCN(CC(=O)Nc1ccccc1C)C(=O)COC(=O)COc1ccccc1C. The molecule has 0 saturated heterocycles. The Hall–Kier alpha value is -3.35. The molecule has 2 aromatic rings. The molecule has 7 nitrogen and oxygen atoms in total. The number of aryl methyl sites for hydroxylation is 2. The Kier molecular flexibility index (Phi) is 8.87. The largest absolute Gasteiger partial charge is 0.482 e. The molecule has 0 aromatic heterocycles. The molecule has 1 N–H and O–H groups in total. The first-order chi connectivity index (χ1) is 14.4. The molecule has 0 aliphatic rings. The lowest BCUT2D eigenvalue weighted by molar-refractivity contribution is -0.154. The summed E-state index contributed by atoms with van der Waals surface area (Å²) in [5.74, 6) is -0.796. The summed E-state index contributed by atoms with van der Waals surface area (Å²) < 4.78 is 10.4. The number of anilines is 1. The van der Waals surface area contributed by atoms with Gasteiger partial charge in [-0.1, -0.05) is 43.3 Å². The fourth-order valence-corrected chi connectivity index (χ4v) is 2.77. The van der Waals surface area contributed by atoms with Crippen molar-refractivity contribution in [2.45, 2.75) is 27.2 Å². The van der Waals surface area contributed by atoms with Gasteiger partial charge in [0.25, 0.3) is 5.91 Å². The van der Waals surface area contributed by atoms with E-state index in [-0.39, 0.29) is 19.1 Å². The summed E-state index contributed by atoms with van der Waals surface area (Å²) in [7, 11) is 0. The molecule has 0 heterocycles. The predicted molar refractivity (Wildman–Crippen MR) is 114 cm³/mol. The number of benzene rings is 2. The van der Waals surface area contributed by atoms with Crippen molar-refractivity contribution in [1.82, 2.24) is 4.90 Å². The monoisotopic (exact) mass is 412 g/mol. The zero-order valence-electron chi connectivity index (χ0n) is 17.6. The number of carbonyl (C=O) groups is 3. The van der Waals surface area contributed by atoms with Gasteiger partial charge in [-0.25, -0.2) is 4.79 Å². The highest BCUT2D eigenvalue weighted by Crippen LogP contribution is 2.16. The van der Waals surface area contributed by atoms with E-state index in [0.29, 0.717) is 24.4 Å². The first kappa shape index (κ1) is 22.9. The van der Waals surface area contributed by atoms with Crippen molar-refractivity contribution in [1.29, 1.82) is 0 Å². The molecular formula is C23H28N2O5. The van der Waals surface area contributed by atoms with Gasteiger partial charge in [-0.05, 0) is 43.5 Å². The molecule has 7 heteroatoms. The molecule has 2 aromatic carbocycles. The Balaban J connectivity index is 1.82. The van der Waals surface area contributed by atoms with Gasteiger partial charge in [0.15, 0.2) is 13.2 Å². The summed E-state index contributed by atoms with van der Waals surface area (Å²) in [6.07, 6.45) is 0.674. The van der Waals surface area contributed by atoms with Crippen LogP contribution in [0.2, 0.25) is 0 Å². The van der Waals surface area contributed by atoms with E-state index in [2.05, 4.69) is 5.32 Å². The molecule has 0 atom stereocenters. The Morgan fingerprint density at radius 1 is 0.933 bits per heavy atom. The number of rotatable bonds is 10. The van der Waals surface area contributed by atoms with Gasteiger partial charge >= 0.3 is 5.97 Å². The topological polar surface area (TPSA) is 84.9 Å². The number of esters is 1. The van der Waals surface area contributed by atoms with Crippen molar-refractivity contribution in [2.24, 2.45) is 0 Å². The van der Waals surface area contributed by atoms with Gasteiger partial charge in [-0.15, -0.1) is 0 Å². The lowest BCUT2D eigenvalue weighted by atomic mass is 10.2. The average molecular weight is 412 g/mol. The van der Waals surface area contributed by atoms with Crippen molar-refractivity contribution in [2.75, 3.05) is 31.6 Å². The molecule has 0 spiro atoms. The number of hydrogen-bond acceptors (Lipinski definition) is 5. The smallest absolute Gasteiger partial charge is 0.344 e. The number of para-hydroxylation sites is 2. The van der Waals surface area contributed by atoms with Crippen LogP contribution in [0.5, 0.6) is 5.75 Å². The van der Waals surface area contributed by atoms with E-state index in [1.807, 2.05) is 57.2 Å². The highest BCUT2D eigenvalue weighted by molar-refractivity contribution is 5.95. The first-order valence-electron chi connectivity index (χ1n) is 9.88. The van der Waals surface area contributed by atoms with E-state index in [1.165, 1.54) is 4.90 Å². The van der Waals surface area contributed by atoms with Crippen molar-refractivity contribution in [3.8, 4) is 5.75 Å². The van der Waals surface area contributed by atoms with Crippen molar-refractivity contribution >= 4 is 23.5 Å². The highest BCUT2D eigenvalue weighted by atomic mass is 16.6. The second-order valence-corrected chi connectivity index (χ2v) is 6.89. The molecule has 30 heavy (non-hydrogen) atoms. The quantitative estimate of drug-likeness (QED) is 0.606. The number of carbonyl (C=O) groups excluding carboxylic acids is 3. The summed E-state index contributed by atoms with van der Waals surface area (Å²) in [5.41, 5.74) is 2.53. The fourth-order valence-electron chi connectivity index (χ4n) is 2.77. The first-order valence-corrected chi connectivity index (χ1v) is 9.88. The molecule has 0 saturated carbocycles. The van der Waals surface area contributed by atoms with Crippen LogP contribution in [0.4, 0.5) is 5.69 Å². The molecule has 2 rings (SSSR count). The fraction of sp³-hybridized carbons (Fsp3) is 0.348. The maximum Gasteiger partial charge on any atom is 0.344 e. The van der Waals surface area contributed by atoms with Gasteiger partial charge in [0.05, 0.1) is 6.54 Å². The molecular weight excluding hydrogens is 384 g/mol. The molecule has 0 radical (unpaired) electrons. The third kappa shape index (κ3) is 7.24. The van der Waals surface area contributed by atoms with Crippen LogP contribution in [-0.4, -0.2) is 49.0 Å². The molecule has 0 fully saturated rings. The van der Waals surface area contributed by atoms with Gasteiger partial charge < -0.3 is 19.7 Å². The van der Waals surface area contributed by atoms with E-state index in [9.17, 15) is 14.4 Å². The standard InChI is InChI=1S/C23H28N2O5/c1-4-13-25(14-21(26)24-19-11-7-5-9-17(19)2)22(27)15-30-23(28)16-29-20-12-8-6-10-18(20)3/h5-12H,4,13-16H2,1-3H3,(H,24,26). The van der Waals surface area contributed by atoms with Crippen LogP contribution in [0.1, 0.15) is 24.5 Å². The molecule has 2 amide bonds. The van der Waals surface area contributed by atoms with Crippen LogP contribution in [0.3, 0.4) is 0 Å². The van der Waals surface area contributed by atoms with Gasteiger partial charge in [0.2, 0.25) is 5.91 Å². The maximum atomic E-state index is 12.4. The Labute approximate surface area is 177 Å². The van der Waals surface area contributed by atoms with Crippen LogP contribution in [0.25, 0.3) is 0 Å². The van der Waals surface area contributed by atoms with Gasteiger partial charge in [-0.2, -0.15) is 0 Å². The van der Waals surface area contributed by atoms with Gasteiger partial charge in [0.1, 0.15) is 5.75 Å². The summed E-state index contributed by atoms with van der Waals surface area (Å²) in [6.45, 7) is 5.21. The third-order valence-electron chi connectivity index (χ3n) is 4.40. The lowest BCUT2D eigenvalue weighted by Crippen LogP contribution is -2.41. The van der Waals surface area contributed by atoms with Gasteiger partial charge in [-0.3, -0.25) is 9.59 Å². The molecule has 0 aliphatic carbocycles.